The standard InChI is InChI=1S/C18H26BrFO/c1-2-3-4-14-7-9-18(13-21,10-8-14)12-15-5-6-17(20)16(19)11-15/h5-6,11,14,21H,2-4,7-10,12-13H2,1H3. The second-order valence-electron chi connectivity index (χ2n) is 6.67. The zero-order chi connectivity index (χ0) is 15.3. The van der Waals surface area contributed by atoms with Crippen LogP contribution in [0.2, 0.25) is 0 Å². The van der Waals surface area contributed by atoms with Crippen molar-refractivity contribution in [1.29, 1.82) is 0 Å². The lowest BCUT2D eigenvalue weighted by Crippen LogP contribution is -2.33. The highest BCUT2D eigenvalue weighted by Gasteiger charge is 2.34. The van der Waals surface area contributed by atoms with Crippen molar-refractivity contribution < 1.29 is 9.50 Å². The lowest BCUT2D eigenvalue weighted by molar-refractivity contribution is 0.0620. The van der Waals surface area contributed by atoms with Crippen LogP contribution in [0.1, 0.15) is 57.4 Å². The third kappa shape index (κ3) is 4.53. The van der Waals surface area contributed by atoms with E-state index in [-0.39, 0.29) is 17.8 Å². The van der Waals surface area contributed by atoms with Crippen molar-refractivity contribution in [2.45, 2.75) is 58.3 Å². The van der Waals surface area contributed by atoms with E-state index >= 15 is 0 Å². The molecule has 0 saturated heterocycles. The van der Waals surface area contributed by atoms with Gasteiger partial charge in [-0.25, -0.2) is 4.39 Å². The quantitative estimate of drug-likeness (QED) is 0.714. The molecular weight excluding hydrogens is 331 g/mol. The fraction of sp³-hybridized carbons (Fsp3) is 0.667. The molecule has 118 valence electrons. The number of halogens is 2. The van der Waals surface area contributed by atoms with Crippen LogP contribution in [0.3, 0.4) is 0 Å². The predicted molar refractivity (Wildman–Crippen MR) is 88.8 cm³/mol. The summed E-state index contributed by atoms with van der Waals surface area (Å²) in [7, 11) is 0. The van der Waals surface area contributed by atoms with Gasteiger partial charge >= 0.3 is 0 Å². The molecule has 0 heterocycles. The fourth-order valence-corrected chi connectivity index (χ4v) is 3.97. The lowest BCUT2D eigenvalue weighted by Gasteiger charge is -2.39. The van der Waals surface area contributed by atoms with Crippen LogP contribution in [-0.2, 0) is 6.42 Å². The van der Waals surface area contributed by atoms with Crippen molar-refractivity contribution in [3.05, 3.63) is 34.1 Å². The first-order valence-corrected chi connectivity index (χ1v) is 8.92. The van der Waals surface area contributed by atoms with Crippen molar-refractivity contribution in [2.24, 2.45) is 11.3 Å². The summed E-state index contributed by atoms with van der Waals surface area (Å²) in [5.41, 5.74) is 1.12. The summed E-state index contributed by atoms with van der Waals surface area (Å²) in [4.78, 5) is 0. The molecule has 1 aromatic rings. The molecule has 0 aromatic heterocycles. The van der Waals surface area contributed by atoms with Gasteiger partial charge in [0, 0.05) is 6.61 Å². The van der Waals surface area contributed by atoms with Gasteiger partial charge in [0.2, 0.25) is 0 Å². The molecule has 1 aliphatic rings. The van der Waals surface area contributed by atoms with Crippen LogP contribution in [0.4, 0.5) is 4.39 Å². The minimum Gasteiger partial charge on any atom is -0.396 e. The third-order valence-electron chi connectivity index (χ3n) is 5.03. The Hall–Kier alpha value is -0.410. The monoisotopic (exact) mass is 356 g/mol. The summed E-state index contributed by atoms with van der Waals surface area (Å²) in [5, 5.41) is 9.90. The van der Waals surface area contributed by atoms with Gasteiger partial charge in [-0.05, 0) is 77.1 Å². The molecule has 0 atom stereocenters. The highest BCUT2D eigenvalue weighted by molar-refractivity contribution is 9.10. The molecule has 0 radical (unpaired) electrons. The van der Waals surface area contributed by atoms with Crippen LogP contribution in [0, 0.1) is 17.2 Å². The first kappa shape index (κ1) is 17.0. The summed E-state index contributed by atoms with van der Waals surface area (Å²) < 4.78 is 13.8. The Morgan fingerprint density at radius 2 is 2.05 bits per heavy atom. The number of aliphatic hydroxyl groups excluding tert-OH is 1. The van der Waals surface area contributed by atoms with E-state index < -0.39 is 0 Å². The summed E-state index contributed by atoms with van der Waals surface area (Å²) in [6.45, 7) is 2.48. The number of hydrogen-bond acceptors (Lipinski definition) is 1. The highest BCUT2D eigenvalue weighted by atomic mass is 79.9. The average molecular weight is 357 g/mol. The Morgan fingerprint density at radius 3 is 2.62 bits per heavy atom. The molecule has 3 heteroatoms. The fourth-order valence-electron chi connectivity index (χ4n) is 3.54. The molecule has 1 fully saturated rings. The Bertz CT molecular complexity index is 453. The zero-order valence-electron chi connectivity index (χ0n) is 12.9. The average Bonchev–Trinajstić information content (AvgIpc) is 2.50. The van der Waals surface area contributed by atoms with E-state index in [0.29, 0.717) is 4.47 Å². The van der Waals surface area contributed by atoms with E-state index in [1.54, 1.807) is 0 Å². The zero-order valence-corrected chi connectivity index (χ0v) is 14.5. The maximum Gasteiger partial charge on any atom is 0.137 e. The van der Waals surface area contributed by atoms with Gasteiger partial charge in [-0.2, -0.15) is 0 Å². The number of benzene rings is 1. The van der Waals surface area contributed by atoms with Crippen LogP contribution in [0.15, 0.2) is 22.7 Å². The molecule has 1 nitrogen and oxygen atoms in total. The molecule has 0 amide bonds. The van der Waals surface area contributed by atoms with E-state index in [9.17, 15) is 9.50 Å². The van der Waals surface area contributed by atoms with Gasteiger partial charge in [0.15, 0.2) is 0 Å². The first-order chi connectivity index (χ1) is 10.1. The van der Waals surface area contributed by atoms with Crippen molar-refractivity contribution in [3.63, 3.8) is 0 Å². The first-order valence-electron chi connectivity index (χ1n) is 8.13. The largest absolute Gasteiger partial charge is 0.396 e. The van der Waals surface area contributed by atoms with E-state index in [0.717, 1.165) is 30.7 Å². The summed E-state index contributed by atoms with van der Waals surface area (Å²) in [5.74, 6) is 0.615. The Morgan fingerprint density at radius 1 is 1.33 bits per heavy atom. The maximum atomic E-state index is 13.3. The minimum atomic E-state index is -0.222. The van der Waals surface area contributed by atoms with E-state index in [1.165, 1.54) is 38.2 Å². The van der Waals surface area contributed by atoms with Crippen molar-refractivity contribution in [2.75, 3.05) is 6.61 Å². The van der Waals surface area contributed by atoms with Crippen molar-refractivity contribution in [1.82, 2.24) is 0 Å². The van der Waals surface area contributed by atoms with Gasteiger partial charge in [-0.1, -0.05) is 32.3 Å². The smallest absolute Gasteiger partial charge is 0.137 e. The molecule has 1 N–H and O–H groups in total. The highest BCUT2D eigenvalue weighted by Crippen LogP contribution is 2.42. The molecule has 2 rings (SSSR count). The van der Waals surface area contributed by atoms with Gasteiger partial charge in [-0.3, -0.25) is 0 Å². The molecule has 0 spiro atoms. The van der Waals surface area contributed by atoms with Gasteiger partial charge in [0.25, 0.3) is 0 Å². The molecule has 1 saturated carbocycles. The second-order valence-corrected chi connectivity index (χ2v) is 7.52. The normalized spacial score (nSPS) is 26.0. The van der Waals surface area contributed by atoms with Crippen LogP contribution in [0.25, 0.3) is 0 Å². The van der Waals surface area contributed by atoms with Gasteiger partial charge < -0.3 is 5.11 Å². The van der Waals surface area contributed by atoms with E-state index in [4.69, 9.17) is 0 Å². The molecule has 1 aliphatic carbocycles. The molecule has 0 unspecified atom stereocenters. The Kier molecular flexibility index (Phi) is 6.24. The minimum absolute atomic E-state index is 0.0000157. The Labute approximate surface area is 136 Å². The van der Waals surface area contributed by atoms with Crippen LogP contribution >= 0.6 is 15.9 Å². The molecule has 0 bridgehead atoms. The van der Waals surface area contributed by atoms with E-state index in [2.05, 4.69) is 22.9 Å². The molecule has 0 aliphatic heterocycles. The van der Waals surface area contributed by atoms with Crippen LogP contribution < -0.4 is 0 Å². The number of aliphatic hydroxyl groups is 1. The maximum absolute atomic E-state index is 13.3. The lowest BCUT2D eigenvalue weighted by atomic mass is 9.67. The SMILES string of the molecule is CCCCC1CCC(CO)(Cc2ccc(F)c(Br)c2)CC1. The van der Waals surface area contributed by atoms with Gasteiger partial charge in [0.05, 0.1) is 4.47 Å². The predicted octanol–water partition coefficient (Wildman–Crippen LogP) is 5.49. The second kappa shape index (κ2) is 7.73. The summed E-state index contributed by atoms with van der Waals surface area (Å²) >= 11 is 3.25. The molecule has 21 heavy (non-hydrogen) atoms. The van der Waals surface area contributed by atoms with Gasteiger partial charge in [-0.15, -0.1) is 0 Å². The van der Waals surface area contributed by atoms with Crippen molar-refractivity contribution >= 4 is 15.9 Å². The van der Waals surface area contributed by atoms with E-state index in [1.807, 2.05) is 12.1 Å². The number of rotatable bonds is 6. The Balaban J connectivity index is 1.98. The third-order valence-corrected chi connectivity index (χ3v) is 5.64. The summed E-state index contributed by atoms with van der Waals surface area (Å²) in [6.07, 6.45) is 9.40. The molecular formula is C18H26BrFO. The summed E-state index contributed by atoms with van der Waals surface area (Å²) in [6, 6.07) is 5.22. The topological polar surface area (TPSA) is 20.2 Å². The molecule has 1 aromatic carbocycles. The van der Waals surface area contributed by atoms with Crippen LogP contribution in [0.5, 0.6) is 0 Å². The van der Waals surface area contributed by atoms with Crippen molar-refractivity contribution in [3.8, 4) is 0 Å². The van der Waals surface area contributed by atoms with Gasteiger partial charge in [0.1, 0.15) is 5.82 Å². The number of unbranched alkanes of at least 4 members (excludes halogenated alkanes) is 1. The number of hydrogen-bond donors (Lipinski definition) is 1. The van der Waals surface area contributed by atoms with Crippen LogP contribution in [-0.4, -0.2) is 11.7 Å².